The number of hydrogen-bond donors (Lipinski definition) is 1. The van der Waals surface area contributed by atoms with Crippen molar-refractivity contribution < 1.29 is 4.57 Å². The molecule has 0 spiro atoms. The fourth-order valence-corrected chi connectivity index (χ4v) is 6.12. The van der Waals surface area contributed by atoms with Crippen LogP contribution in [0, 0.1) is 0 Å². The Hall–Kier alpha value is -2.52. The van der Waals surface area contributed by atoms with Gasteiger partial charge in [0.15, 0.2) is 0 Å². The van der Waals surface area contributed by atoms with E-state index in [0.29, 0.717) is 0 Å². The zero-order valence-electron chi connectivity index (χ0n) is 15.5. The lowest BCUT2D eigenvalue weighted by Gasteiger charge is -2.30. The van der Waals surface area contributed by atoms with Crippen LogP contribution < -0.4 is 9.99 Å². The summed E-state index contributed by atoms with van der Waals surface area (Å²) in [5.74, 6) is 0. The molecule has 2 aliphatic rings. The van der Waals surface area contributed by atoms with Gasteiger partial charge in [-0.05, 0) is 23.8 Å². The first kappa shape index (κ1) is 16.9. The van der Waals surface area contributed by atoms with Gasteiger partial charge in [0, 0.05) is 36.6 Å². The molecule has 1 unspecified atom stereocenters. The normalized spacial score (nSPS) is 26.3. The van der Waals surface area contributed by atoms with Gasteiger partial charge in [-0.1, -0.05) is 50.2 Å². The quantitative estimate of drug-likeness (QED) is 0.771. The van der Waals surface area contributed by atoms with Gasteiger partial charge in [-0.25, -0.2) is 4.78 Å². The maximum absolute atomic E-state index is 14.0. The van der Waals surface area contributed by atoms with Crippen LogP contribution in [0.25, 0.3) is 0 Å². The third-order valence-electron chi connectivity index (χ3n) is 5.24. The van der Waals surface area contributed by atoms with Crippen molar-refractivity contribution in [2.45, 2.75) is 19.3 Å². The molecular weight excluding hydrogens is 343 g/mol. The van der Waals surface area contributed by atoms with Crippen molar-refractivity contribution in [2.24, 2.45) is 5.10 Å². The van der Waals surface area contributed by atoms with E-state index in [1.165, 1.54) is 5.56 Å². The molecular formula is C20H23N4OP. The van der Waals surface area contributed by atoms with Crippen molar-refractivity contribution in [3.63, 3.8) is 0 Å². The summed E-state index contributed by atoms with van der Waals surface area (Å²) in [6.45, 7) is 4.35. The Bertz CT molecular complexity index is 965. The van der Waals surface area contributed by atoms with Gasteiger partial charge in [0.1, 0.15) is 0 Å². The smallest absolute Gasteiger partial charge is 0.308 e. The standard InChI is InChI=1S/C20H23N4OP/c1-20(2)16-12-8-9-13-17(16)23(3)19(20)18-14-21-24(4)26(18,25)22-15-10-6-5-7-11-15/h5-14H,1-4H3,(H,22,25)/b19-18-. The van der Waals surface area contributed by atoms with E-state index in [2.05, 4.69) is 47.1 Å². The molecule has 134 valence electrons. The summed E-state index contributed by atoms with van der Waals surface area (Å²) < 4.78 is 15.6. The predicted octanol–water partition coefficient (Wildman–Crippen LogP) is 4.86. The van der Waals surface area contributed by atoms with E-state index in [1.807, 2.05) is 43.4 Å². The van der Waals surface area contributed by atoms with Gasteiger partial charge in [-0.3, -0.25) is 4.57 Å². The molecule has 6 heteroatoms. The second kappa shape index (κ2) is 5.75. The minimum Gasteiger partial charge on any atom is -0.346 e. The third-order valence-corrected chi connectivity index (χ3v) is 7.70. The van der Waals surface area contributed by atoms with E-state index in [0.717, 1.165) is 22.4 Å². The van der Waals surface area contributed by atoms with E-state index >= 15 is 0 Å². The molecule has 0 radical (unpaired) electrons. The first-order valence-electron chi connectivity index (χ1n) is 8.66. The molecule has 2 aromatic rings. The van der Waals surface area contributed by atoms with Crippen LogP contribution in [0.3, 0.4) is 0 Å². The van der Waals surface area contributed by atoms with Crippen LogP contribution in [-0.4, -0.2) is 25.1 Å². The summed E-state index contributed by atoms with van der Waals surface area (Å²) in [7, 11) is 0.707. The molecule has 0 fully saturated rings. The Kier molecular flexibility index (Phi) is 3.74. The topological polar surface area (TPSA) is 47.9 Å². The number of benzene rings is 2. The largest absolute Gasteiger partial charge is 0.346 e. The molecule has 0 aromatic heterocycles. The number of likely N-dealkylation sites (N-methyl/N-ethyl adjacent to an activating group) is 1. The second-order valence-electron chi connectivity index (χ2n) is 7.22. The summed E-state index contributed by atoms with van der Waals surface area (Å²) in [5, 5.41) is 8.38. The Balaban J connectivity index is 1.88. The van der Waals surface area contributed by atoms with Crippen molar-refractivity contribution in [1.82, 2.24) is 4.78 Å². The maximum atomic E-state index is 14.0. The number of hydrogen-bond acceptors (Lipinski definition) is 3. The molecule has 2 aliphatic heterocycles. The third kappa shape index (κ3) is 2.31. The van der Waals surface area contributed by atoms with Crippen molar-refractivity contribution in [1.29, 1.82) is 0 Å². The molecule has 0 saturated heterocycles. The van der Waals surface area contributed by atoms with Gasteiger partial charge < -0.3 is 9.99 Å². The zero-order chi connectivity index (χ0) is 18.5. The summed E-state index contributed by atoms with van der Waals surface area (Å²) in [4.78, 5) is 2.15. The van der Waals surface area contributed by atoms with E-state index < -0.39 is 7.44 Å². The van der Waals surface area contributed by atoms with Gasteiger partial charge in [-0.15, -0.1) is 0 Å². The second-order valence-corrected chi connectivity index (χ2v) is 9.66. The molecule has 0 amide bonds. The Morgan fingerprint density at radius 1 is 1.00 bits per heavy atom. The van der Waals surface area contributed by atoms with Gasteiger partial charge in [0.25, 0.3) is 0 Å². The fraction of sp³-hybridized carbons (Fsp3) is 0.250. The van der Waals surface area contributed by atoms with Crippen LogP contribution in [0.4, 0.5) is 11.4 Å². The molecule has 1 atom stereocenters. The van der Waals surface area contributed by atoms with E-state index in [1.54, 1.807) is 18.0 Å². The summed E-state index contributed by atoms with van der Waals surface area (Å²) in [5.41, 5.74) is 3.97. The van der Waals surface area contributed by atoms with Crippen LogP contribution in [0.5, 0.6) is 0 Å². The zero-order valence-corrected chi connectivity index (χ0v) is 16.4. The SMILES string of the molecule is CN1/C(=C2/C=NN(C)P2(=O)Nc2ccccc2)C(C)(C)c2ccccc21. The van der Waals surface area contributed by atoms with Crippen molar-refractivity contribution >= 4 is 25.0 Å². The summed E-state index contributed by atoms with van der Waals surface area (Å²) in [6, 6.07) is 18.0. The maximum Gasteiger partial charge on any atom is 0.308 e. The molecule has 0 bridgehead atoms. The van der Waals surface area contributed by atoms with Gasteiger partial charge in [0.2, 0.25) is 0 Å². The van der Waals surface area contributed by atoms with E-state index in [4.69, 9.17) is 0 Å². The highest BCUT2D eigenvalue weighted by Crippen LogP contribution is 2.63. The number of nitrogens with one attached hydrogen (secondary N) is 1. The van der Waals surface area contributed by atoms with Crippen molar-refractivity contribution in [3.8, 4) is 0 Å². The monoisotopic (exact) mass is 366 g/mol. The van der Waals surface area contributed by atoms with Crippen LogP contribution in [0.15, 0.2) is 70.7 Å². The Morgan fingerprint density at radius 3 is 2.35 bits per heavy atom. The van der Waals surface area contributed by atoms with Crippen LogP contribution in [-0.2, 0) is 9.98 Å². The van der Waals surface area contributed by atoms with Crippen LogP contribution >= 0.6 is 7.44 Å². The molecule has 26 heavy (non-hydrogen) atoms. The highest BCUT2D eigenvalue weighted by atomic mass is 31.2. The molecule has 1 N–H and O–H groups in total. The van der Waals surface area contributed by atoms with Gasteiger partial charge in [-0.2, -0.15) is 5.10 Å². The van der Waals surface area contributed by atoms with Gasteiger partial charge in [0.05, 0.1) is 11.5 Å². The first-order chi connectivity index (χ1) is 12.4. The molecule has 2 aromatic carbocycles. The summed E-state index contributed by atoms with van der Waals surface area (Å²) >= 11 is 0. The Morgan fingerprint density at radius 2 is 1.65 bits per heavy atom. The number of para-hydroxylation sites is 2. The van der Waals surface area contributed by atoms with Crippen LogP contribution in [0.1, 0.15) is 19.4 Å². The predicted molar refractivity (Wildman–Crippen MR) is 109 cm³/mol. The Labute approximate surface area is 154 Å². The first-order valence-corrected chi connectivity index (χ1v) is 10.3. The fourth-order valence-electron chi connectivity index (χ4n) is 3.92. The molecule has 4 rings (SSSR count). The number of allylic oxidation sites excluding steroid dienone is 2. The number of nitrogens with zero attached hydrogens (tertiary/aromatic N) is 3. The minimum absolute atomic E-state index is 0.258. The molecule has 0 aliphatic carbocycles. The highest BCUT2D eigenvalue weighted by Gasteiger charge is 2.47. The van der Waals surface area contributed by atoms with E-state index in [-0.39, 0.29) is 5.41 Å². The van der Waals surface area contributed by atoms with Crippen molar-refractivity contribution in [3.05, 3.63) is 71.2 Å². The number of fused-ring (bicyclic) bond motifs is 1. The summed E-state index contributed by atoms with van der Waals surface area (Å²) in [6.07, 6.45) is 1.75. The number of rotatable bonds is 2. The molecule has 5 nitrogen and oxygen atoms in total. The lowest BCUT2D eigenvalue weighted by Crippen LogP contribution is -2.26. The lowest BCUT2D eigenvalue weighted by atomic mass is 9.84. The highest BCUT2D eigenvalue weighted by molar-refractivity contribution is 7.68. The van der Waals surface area contributed by atoms with Crippen LogP contribution in [0.2, 0.25) is 0 Å². The van der Waals surface area contributed by atoms with Crippen molar-refractivity contribution in [2.75, 3.05) is 24.1 Å². The number of anilines is 2. The average molecular weight is 366 g/mol. The lowest BCUT2D eigenvalue weighted by molar-refractivity contribution is 0.505. The van der Waals surface area contributed by atoms with E-state index in [9.17, 15) is 4.57 Å². The minimum atomic E-state index is -3.09. The van der Waals surface area contributed by atoms with Gasteiger partial charge >= 0.3 is 7.44 Å². The number of hydrazone groups is 1. The molecule has 2 heterocycles. The average Bonchev–Trinajstić information content (AvgIpc) is 3.01. The molecule has 0 saturated carbocycles.